The topological polar surface area (TPSA) is 64.1 Å². The Balaban J connectivity index is 1.82. The first-order chi connectivity index (χ1) is 9.09. The van der Waals surface area contributed by atoms with Crippen molar-refractivity contribution in [3.8, 4) is 0 Å². The summed E-state index contributed by atoms with van der Waals surface area (Å²) < 4.78 is 0. The van der Waals surface area contributed by atoms with Gasteiger partial charge in [0.1, 0.15) is 6.04 Å². The predicted octanol–water partition coefficient (Wildman–Crippen LogP) is 0.683. The number of urea groups is 1. The van der Waals surface area contributed by atoms with Gasteiger partial charge in [-0.15, -0.1) is 0 Å². The second kappa shape index (κ2) is 6.23. The van der Waals surface area contributed by atoms with Gasteiger partial charge in [0.15, 0.2) is 0 Å². The lowest BCUT2D eigenvalue weighted by Gasteiger charge is -2.28. The highest BCUT2D eigenvalue weighted by atomic mass is 16.4. The Hall–Kier alpha value is -1.30. The van der Waals surface area contributed by atoms with Gasteiger partial charge >= 0.3 is 12.0 Å². The van der Waals surface area contributed by atoms with Crippen LogP contribution in [0.4, 0.5) is 4.79 Å². The molecule has 2 aliphatic rings. The summed E-state index contributed by atoms with van der Waals surface area (Å²) in [5.41, 5.74) is 0. The molecule has 2 saturated heterocycles. The van der Waals surface area contributed by atoms with Gasteiger partial charge in [-0.2, -0.15) is 0 Å². The average Bonchev–Trinajstić information content (AvgIpc) is 3.05. The second-order valence-corrected chi connectivity index (χ2v) is 5.44. The van der Waals surface area contributed by atoms with Gasteiger partial charge in [0, 0.05) is 26.7 Å². The van der Waals surface area contributed by atoms with E-state index in [2.05, 4.69) is 4.90 Å². The van der Waals surface area contributed by atoms with Crippen molar-refractivity contribution < 1.29 is 14.7 Å². The first-order valence-electron chi connectivity index (χ1n) is 7.06. The minimum absolute atomic E-state index is 0.149. The minimum Gasteiger partial charge on any atom is -0.480 e. The fraction of sp³-hybridized carbons (Fsp3) is 0.846. The van der Waals surface area contributed by atoms with E-state index in [-0.39, 0.29) is 6.03 Å². The lowest BCUT2D eigenvalue weighted by atomic mass is 10.2. The van der Waals surface area contributed by atoms with E-state index in [1.807, 2.05) is 0 Å². The van der Waals surface area contributed by atoms with Crippen LogP contribution in [0.3, 0.4) is 0 Å². The van der Waals surface area contributed by atoms with Crippen LogP contribution in [0.15, 0.2) is 0 Å². The van der Waals surface area contributed by atoms with Crippen molar-refractivity contribution in [2.24, 2.45) is 0 Å². The number of nitrogens with zero attached hydrogens (tertiary/aromatic N) is 3. The molecule has 1 N–H and O–H groups in total. The van der Waals surface area contributed by atoms with Crippen molar-refractivity contribution in [2.75, 3.05) is 39.8 Å². The molecule has 6 heteroatoms. The van der Waals surface area contributed by atoms with E-state index >= 15 is 0 Å². The molecule has 0 saturated carbocycles. The number of likely N-dealkylation sites (tertiary alicyclic amines) is 2. The number of hydrogen-bond acceptors (Lipinski definition) is 3. The Labute approximate surface area is 114 Å². The molecule has 0 radical (unpaired) electrons. The van der Waals surface area contributed by atoms with Gasteiger partial charge in [-0.3, -0.25) is 0 Å². The molecular weight excluding hydrogens is 246 g/mol. The van der Waals surface area contributed by atoms with Gasteiger partial charge in [0.25, 0.3) is 0 Å². The Morgan fingerprint density at radius 2 is 1.89 bits per heavy atom. The normalized spacial score (nSPS) is 23.8. The second-order valence-electron chi connectivity index (χ2n) is 5.44. The number of carboxylic acid groups (broad SMARTS) is 1. The highest BCUT2D eigenvalue weighted by molar-refractivity contribution is 5.83. The summed E-state index contributed by atoms with van der Waals surface area (Å²) in [5, 5.41) is 9.10. The molecule has 0 aromatic carbocycles. The molecule has 2 amide bonds. The smallest absolute Gasteiger partial charge is 0.326 e. The zero-order chi connectivity index (χ0) is 13.8. The number of carboxylic acids is 1. The number of amides is 2. The molecule has 2 rings (SSSR count). The van der Waals surface area contributed by atoms with E-state index < -0.39 is 12.0 Å². The number of hydrogen-bond donors (Lipinski definition) is 1. The highest BCUT2D eigenvalue weighted by Gasteiger charge is 2.35. The molecule has 6 nitrogen and oxygen atoms in total. The lowest BCUT2D eigenvalue weighted by Crippen LogP contribution is -2.48. The van der Waals surface area contributed by atoms with Crippen LogP contribution in [0.25, 0.3) is 0 Å². The molecule has 108 valence electrons. The maximum atomic E-state index is 12.2. The Morgan fingerprint density at radius 1 is 1.21 bits per heavy atom. The van der Waals surface area contributed by atoms with Crippen LogP contribution in [0.2, 0.25) is 0 Å². The molecule has 19 heavy (non-hydrogen) atoms. The van der Waals surface area contributed by atoms with Crippen LogP contribution in [0.5, 0.6) is 0 Å². The predicted molar refractivity (Wildman–Crippen MR) is 71.1 cm³/mol. The van der Waals surface area contributed by atoms with E-state index in [0.29, 0.717) is 19.5 Å². The summed E-state index contributed by atoms with van der Waals surface area (Å²) in [5.74, 6) is -0.890. The van der Waals surface area contributed by atoms with Gasteiger partial charge in [0.2, 0.25) is 0 Å². The van der Waals surface area contributed by atoms with Gasteiger partial charge in [-0.25, -0.2) is 9.59 Å². The molecule has 2 heterocycles. The molecule has 0 unspecified atom stereocenters. The molecule has 2 fully saturated rings. The van der Waals surface area contributed by atoms with Gasteiger partial charge in [-0.05, 0) is 38.8 Å². The molecule has 0 aliphatic carbocycles. The Bertz CT molecular complexity index is 342. The van der Waals surface area contributed by atoms with Crippen molar-refractivity contribution in [2.45, 2.75) is 31.7 Å². The van der Waals surface area contributed by atoms with E-state index in [4.69, 9.17) is 5.11 Å². The first-order valence-corrected chi connectivity index (χ1v) is 7.06. The van der Waals surface area contributed by atoms with E-state index in [0.717, 1.165) is 26.1 Å². The number of rotatable bonds is 4. The molecular formula is C13H23N3O3. The third-order valence-corrected chi connectivity index (χ3v) is 4.06. The van der Waals surface area contributed by atoms with Crippen LogP contribution < -0.4 is 0 Å². The first kappa shape index (κ1) is 14.1. The van der Waals surface area contributed by atoms with Crippen LogP contribution in [0.1, 0.15) is 25.7 Å². The van der Waals surface area contributed by atoms with Gasteiger partial charge < -0.3 is 19.8 Å². The maximum absolute atomic E-state index is 12.2. The molecule has 0 spiro atoms. The van der Waals surface area contributed by atoms with Crippen LogP contribution in [-0.2, 0) is 4.79 Å². The van der Waals surface area contributed by atoms with Crippen LogP contribution >= 0.6 is 0 Å². The van der Waals surface area contributed by atoms with E-state index in [9.17, 15) is 9.59 Å². The largest absolute Gasteiger partial charge is 0.480 e. The van der Waals surface area contributed by atoms with Crippen LogP contribution in [-0.4, -0.2) is 77.6 Å². The molecule has 1 atom stereocenters. The maximum Gasteiger partial charge on any atom is 0.326 e. The van der Waals surface area contributed by atoms with E-state index in [1.165, 1.54) is 17.7 Å². The monoisotopic (exact) mass is 269 g/mol. The zero-order valence-electron chi connectivity index (χ0n) is 11.5. The summed E-state index contributed by atoms with van der Waals surface area (Å²) in [6.45, 7) is 4.34. The Kier molecular flexibility index (Phi) is 4.63. The van der Waals surface area contributed by atoms with Crippen LogP contribution in [0, 0.1) is 0 Å². The lowest BCUT2D eigenvalue weighted by molar-refractivity contribution is -0.141. The third-order valence-electron chi connectivity index (χ3n) is 4.06. The summed E-state index contributed by atoms with van der Waals surface area (Å²) in [6.07, 6.45) is 3.83. The third kappa shape index (κ3) is 3.37. The fourth-order valence-corrected chi connectivity index (χ4v) is 2.86. The zero-order valence-corrected chi connectivity index (χ0v) is 11.5. The number of likely N-dealkylation sites (N-methyl/N-ethyl adjacent to an activating group) is 1. The minimum atomic E-state index is -0.890. The van der Waals surface area contributed by atoms with Crippen molar-refractivity contribution in [3.63, 3.8) is 0 Å². The standard InChI is InChI=1S/C13H23N3O3/c1-14(9-10-15-6-2-3-7-15)13(19)16-8-4-5-11(16)12(17)18/h11H,2-10H2,1H3,(H,17,18)/t11-/m0/s1. The van der Waals surface area contributed by atoms with Crippen molar-refractivity contribution in [1.29, 1.82) is 0 Å². The molecule has 2 aliphatic heterocycles. The summed E-state index contributed by atoms with van der Waals surface area (Å²) in [4.78, 5) is 28.8. The number of carbonyl (C=O) groups is 2. The highest BCUT2D eigenvalue weighted by Crippen LogP contribution is 2.19. The van der Waals surface area contributed by atoms with Gasteiger partial charge in [0.05, 0.1) is 0 Å². The SMILES string of the molecule is CN(CCN1CCCC1)C(=O)N1CCC[C@H]1C(=O)O. The molecule has 0 aromatic rings. The fourth-order valence-electron chi connectivity index (χ4n) is 2.86. The summed E-state index contributed by atoms with van der Waals surface area (Å²) in [6, 6.07) is -0.786. The number of aliphatic carboxylic acids is 1. The Morgan fingerprint density at radius 3 is 2.53 bits per heavy atom. The molecule has 0 bridgehead atoms. The van der Waals surface area contributed by atoms with Crippen molar-refractivity contribution >= 4 is 12.0 Å². The van der Waals surface area contributed by atoms with Crippen molar-refractivity contribution in [1.82, 2.24) is 14.7 Å². The van der Waals surface area contributed by atoms with Crippen molar-refractivity contribution in [3.05, 3.63) is 0 Å². The summed E-state index contributed by atoms with van der Waals surface area (Å²) >= 11 is 0. The average molecular weight is 269 g/mol. The van der Waals surface area contributed by atoms with Gasteiger partial charge in [-0.1, -0.05) is 0 Å². The molecule has 0 aromatic heterocycles. The van der Waals surface area contributed by atoms with E-state index in [1.54, 1.807) is 11.9 Å². The quantitative estimate of drug-likeness (QED) is 0.815. The number of carbonyl (C=O) groups excluding carboxylic acids is 1. The summed E-state index contributed by atoms with van der Waals surface area (Å²) in [7, 11) is 1.76.